The molecule has 1 aromatic carbocycles. The fraction of sp³-hybridized carbons (Fsp3) is 0.211. The lowest BCUT2D eigenvalue weighted by Crippen LogP contribution is -2.06. The summed E-state index contributed by atoms with van der Waals surface area (Å²) in [5.74, 6) is 2.31. The second-order valence-corrected chi connectivity index (χ2v) is 6.06. The number of nitrogens with one attached hydrogen (secondary N) is 1. The number of aryl methyl sites for hydroxylation is 3. The van der Waals surface area contributed by atoms with Gasteiger partial charge in [0.1, 0.15) is 17.6 Å². The molecule has 0 spiro atoms. The highest BCUT2D eigenvalue weighted by atomic mass is 16.4. The van der Waals surface area contributed by atoms with Crippen LogP contribution in [0.3, 0.4) is 0 Å². The summed E-state index contributed by atoms with van der Waals surface area (Å²) in [6.45, 7) is 6.21. The smallest absolute Gasteiger partial charge is 0.213 e. The van der Waals surface area contributed by atoms with Crippen LogP contribution >= 0.6 is 0 Å². The Kier molecular flexibility index (Phi) is 3.43. The Morgan fingerprint density at radius 2 is 2.00 bits per heavy atom. The minimum Gasteiger partial charge on any atom is -0.444 e. The van der Waals surface area contributed by atoms with Gasteiger partial charge >= 0.3 is 0 Å². The summed E-state index contributed by atoms with van der Waals surface area (Å²) in [6.07, 6.45) is 0. The zero-order chi connectivity index (χ0) is 17.6. The molecule has 0 radical (unpaired) electrons. The largest absolute Gasteiger partial charge is 0.444 e. The van der Waals surface area contributed by atoms with Crippen LogP contribution in [0.2, 0.25) is 0 Å². The first-order chi connectivity index (χ1) is 12.1. The van der Waals surface area contributed by atoms with Crippen molar-refractivity contribution in [1.82, 2.24) is 14.4 Å². The summed E-state index contributed by atoms with van der Waals surface area (Å²) in [6, 6.07) is 12.1. The van der Waals surface area contributed by atoms with E-state index in [4.69, 9.17) is 4.42 Å². The number of hydrogen-bond donors (Lipinski definition) is 1. The Morgan fingerprint density at radius 3 is 2.72 bits per heavy atom. The van der Waals surface area contributed by atoms with E-state index >= 15 is 0 Å². The van der Waals surface area contributed by atoms with Crippen molar-refractivity contribution in [3.05, 3.63) is 58.8 Å². The lowest BCUT2D eigenvalue weighted by atomic mass is 10.1. The molecule has 0 unspecified atom stereocenters. The first kappa shape index (κ1) is 15.2. The molecular formula is C19H17N5O. The number of nitriles is 1. The fourth-order valence-corrected chi connectivity index (χ4v) is 3.00. The number of benzene rings is 1. The molecule has 0 aliphatic rings. The van der Waals surface area contributed by atoms with Crippen LogP contribution in [0.15, 0.2) is 34.7 Å². The molecule has 0 bridgehead atoms. The average molecular weight is 331 g/mol. The lowest BCUT2D eigenvalue weighted by molar-refractivity contribution is 0.478. The highest BCUT2D eigenvalue weighted by Crippen LogP contribution is 2.26. The van der Waals surface area contributed by atoms with E-state index in [-0.39, 0.29) is 0 Å². The molecule has 124 valence electrons. The van der Waals surface area contributed by atoms with E-state index in [1.165, 1.54) is 0 Å². The van der Waals surface area contributed by atoms with E-state index in [2.05, 4.69) is 21.4 Å². The minimum atomic E-state index is 0.460. The molecule has 6 nitrogen and oxygen atoms in total. The molecule has 0 aliphatic carbocycles. The number of fused-ring (bicyclic) bond motifs is 3. The van der Waals surface area contributed by atoms with Gasteiger partial charge in [-0.05, 0) is 44.5 Å². The molecular weight excluding hydrogens is 314 g/mol. The zero-order valence-electron chi connectivity index (χ0n) is 14.3. The summed E-state index contributed by atoms with van der Waals surface area (Å²) < 4.78 is 7.62. The van der Waals surface area contributed by atoms with E-state index in [1.54, 1.807) is 0 Å². The van der Waals surface area contributed by atoms with Crippen LogP contribution in [0.5, 0.6) is 0 Å². The van der Waals surface area contributed by atoms with Crippen LogP contribution in [-0.2, 0) is 6.54 Å². The zero-order valence-corrected chi connectivity index (χ0v) is 14.3. The number of aromatic nitrogens is 3. The van der Waals surface area contributed by atoms with E-state index in [9.17, 15) is 5.26 Å². The van der Waals surface area contributed by atoms with Crippen molar-refractivity contribution < 1.29 is 4.42 Å². The Hall–Kier alpha value is -3.33. The molecule has 4 rings (SSSR count). The van der Waals surface area contributed by atoms with Crippen LogP contribution < -0.4 is 5.32 Å². The summed E-state index contributed by atoms with van der Waals surface area (Å²) >= 11 is 0. The third kappa shape index (κ3) is 2.41. The topological polar surface area (TPSA) is 79.2 Å². The number of para-hydroxylation sites is 2. The van der Waals surface area contributed by atoms with Crippen LogP contribution in [0.25, 0.3) is 16.7 Å². The van der Waals surface area contributed by atoms with Crippen molar-refractivity contribution in [3.63, 3.8) is 0 Å². The van der Waals surface area contributed by atoms with E-state index < -0.39 is 0 Å². The number of hydrogen-bond acceptors (Lipinski definition) is 5. The third-order valence-electron chi connectivity index (χ3n) is 4.38. The van der Waals surface area contributed by atoms with Crippen molar-refractivity contribution in [2.75, 3.05) is 5.32 Å². The van der Waals surface area contributed by atoms with Gasteiger partial charge in [-0.15, -0.1) is 0 Å². The van der Waals surface area contributed by atoms with Crippen molar-refractivity contribution in [1.29, 1.82) is 5.26 Å². The number of oxazole rings is 1. The normalized spacial score (nSPS) is 11.1. The summed E-state index contributed by atoms with van der Waals surface area (Å²) in [5, 5.41) is 12.9. The standard InChI is InChI=1S/C19H17N5O/c1-11-8-17(21-10-18-22-12(2)13(3)25-18)24-16-7-5-4-6-15(16)23-19(24)14(11)9-20/h4-8,21H,10H2,1-3H3. The number of pyridine rings is 1. The van der Waals surface area contributed by atoms with Gasteiger partial charge in [0, 0.05) is 0 Å². The molecule has 0 saturated carbocycles. The molecule has 4 aromatic rings. The van der Waals surface area contributed by atoms with Gasteiger partial charge in [0.15, 0.2) is 5.65 Å². The number of anilines is 1. The molecule has 3 aromatic heterocycles. The summed E-state index contributed by atoms with van der Waals surface area (Å²) in [5.41, 5.74) is 4.83. The predicted octanol–water partition coefficient (Wildman–Crippen LogP) is 3.88. The summed E-state index contributed by atoms with van der Waals surface area (Å²) in [4.78, 5) is 9.05. The van der Waals surface area contributed by atoms with Gasteiger partial charge in [-0.1, -0.05) is 12.1 Å². The van der Waals surface area contributed by atoms with E-state index in [0.29, 0.717) is 23.6 Å². The third-order valence-corrected chi connectivity index (χ3v) is 4.38. The maximum absolute atomic E-state index is 9.52. The first-order valence-electron chi connectivity index (χ1n) is 8.06. The Balaban J connectivity index is 1.86. The molecule has 25 heavy (non-hydrogen) atoms. The van der Waals surface area contributed by atoms with Gasteiger partial charge in [-0.2, -0.15) is 5.26 Å². The SMILES string of the molecule is Cc1cc(NCc2nc(C)c(C)o2)n2c(nc3ccccc32)c1C#N. The second-order valence-electron chi connectivity index (χ2n) is 6.06. The molecule has 0 aliphatic heterocycles. The molecule has 0 amide bonds. The van der Waals surface area contributed by atoms with Crippen LogP contribution in [0, 0.1) is 32.1 Å². The van der Waals surface area contributed by atoms with Gasteiger partial charge in [0.05, 0.1) is 28.8 Å². The number of rotatable bonds is 3. The van der Waals surface area contributed by atoms with Gasteiger partial charge in [-0.3, -0.25) is 4.40 Å². The van der Waals surface area contributed by atoms with Crippen LogP contribution in [0.1, 0.15) is 28.5 Å². The van der Waals surface area contributed by atoms with Crippen LogP contribution in [-0.4, -0.2) is 14.4 Å². The first-order valence-corrected chi connectivity index (χ1v) is 8.06. The molecule has 0 fully saturated rings. The second kappa shape index (κ2) is 5.64. The van der Waals surface area contributed by atoms with Crippen molar-refractivity contribution in [2.24, 2.45) is 0 Å². The molecule has 0 atom stereocenters. The van der Waals surface area contributed by atoms with Gasteiger partial charge in [0.2, 0.25) is 5.89 Å². The fourth-order valence-electron chi connectivity index (χ4n) is 3.00. The Bertz CT molecular complexity index is 1130. The molecule has 6 heteroatoms. The van der Waals surface area contributed by atoms with Gasteiger partial charge in [-0.25, -0.2) is 9.97 Å². The lowest BCUT2D eigenvalue weighted by Gasteiger charge is -2.11. The maximum atomic E-state index is 9.52. The van der Waals surface area contributed by atoms with Gasteiger partial charge in [0.25, 0.3) is 0 Å². The Labute approximate surface area is 144 Å². The predicted molar refractivity (Wildman–Crippen MR) is 95.5 cm³/mol. The van der Waals surface area contributed by atoms with Gasteiger partial charge < -0.3 is 9.73 Å². The highest BCUT2D eigenvalue weighted by Gasteiger charge is 2.15. The molecule has 3 heterocycles. The monoisotopic (exact) mass is 331 g/mol. The summed E-state index contributed by atoms with van der Waals surface area (Å²) in [7, 11) is 0. The maximum Gasteiger partial charge on any atom is 0.213 e. The number of nitrogens with zero attached hydrogens (tertiary/aromatic N) is 4. The number of imidazole rings is 1. The van der Waals surface area contributed by atoms with Crippen molar-refractivity contribution in [3.8, 4) is 6.07 Å². The minimum absolute atomic E-state index is 0.460. The quantitative estimate of drug-likeness (QED) is 0.616. The molecule has 0 saturated heterocycles. The Morgan fingerprint density at radius 1 is 1.20 bits per heavy atom. The van der Waals surface area contributed by atoms with E-state index in [0.717, 1.165) is 33.9 Å². The van der Waals surface area contributed by atoms with Crippen molar-refractivity contribution in [2.45, 2.75) is 27.3 Å². The van der Waals surface area contributed by atoms with Crippen LogP contribution in [0.4, 0.5) is 5.82 Å². The molecule has 1 N–H and O–H groups in total. The average Bonchev–Trinajstić information content (AvgIpc) is 3.13. The van der Waals surface area contributed by atoms with E-state index in [1.807, 2.05) is 55.5 Å². The van der Waals surface area contributed by atoms with Crippen molar-refractivity contribution >= 4 is 22.5 Å². The highest BCUT2D eigenvalue weighted by molar-refractivity contribution is 5.85.